The average molecular weight is 287 g/mol. The second-order valence-electron chi connectivity index (χ2n) is 4.98. The first-order valence-corrected chi connectivity index (χ1v) is 6.83. The summed E-state index contributed by atoms with van der Waals surface area (Å²) in [6.45, 7) is 4.06. The molecule has 0 fully saturated rings. The predicted octanol–water partition coefficient (Wildman–Crippen LogP) is 3.89. The zero-order valence-electron chi connectivity index (χ0n) is 12.8. The lowest BCUT2D eigenvalue weighted by atomic mass is 10.1. The van der Waals surface area contributed by atoms with Crippen molar-refractivity contribution in [3.05, 3.63) is 47.5 Å². The van der Waals surface area contributed by atoms with Crippen molar-refractivity contribution in [2.24, 2.45) is 0 Å². The van der Waals surface area contributed by atoms with Gasteiger partial charge in [-0.25, -0.2) is 0 Å². The molecule has 2 rings (SSSR count). The van der Waals surface area contributed by atoms with Gasteiger partial charge in [-0.15, -0.1) is 0 Å². The SMILES string of the molecule is COc1cc(C)c(NC(C)c2cccc(O)c2)cc1OC. The number of phenols is 1. The Kier molecular flexibility index (Phi) is 4.58. The molecule has 21 heavy (non-hydrogen) atoms. The third-order valence-corrected chi connectivity index (χ3v) is 3.47. The molecule has 0 aliphatic carbocycles. The molecule has 4 heteroatoms. The van der Waals surface area contributed by atoms with E-state index in [1.807, 2.05) is 38.1 Å². The van der Waals surface area contributed by atoms with Crippen LogP contribution >= 0.6 is 0 Å². The maximum atomic E-state index is 9.57. The van der Waals surface area contributed by atoms with Crippen LogP contribution in [0.2, 0.25) is 0 Å². The van der Waals surface area contributed by atoms with E-state index < -0.39 is 0 Å². The minimum atomic E-state index is 0.0638. The Morgan fingerprint density at radius 1 is 1.05 bits per heavy atom. The van der Waals surface area contributed by atoms with Crippen LogP contribution in [0.3, 0.4) is 0 Å². The highest BCUT2D eigenvalue weighted by molar-refractivity contribution is 5.61. The number of aromatic hydroxyl groups is 1. The van der Waals surface area contributed by atoms with Crippen molar-refractivity contribution in [3.8, 4) is 17.2 Å². The van der Waals surface area contributed by atoms with Gasteiger partial charge in [0.05, 0.1) is 14.2 Å². The summed E-state index contributed by atoms with van der Waals surface area (Å²) < 4.78 is 10.6. The molecule has 4 nitrogen and oxygen atoms in total. The second-order valence-corrected chi connectivity index (χ2v) is 4.98. The van der Waals surface area contributed by atoms with Crippen molar-refractivity contribution < 1.29 is 14.6 Å². The molecule has 112 valence electrons. The summed E-state index contributed by atoms with van der Waals surface area (Å²) in [5.74, 6) is 1.67. The number of hydrogen-bond acceptors (Lipinski definition) is 4. The maximum absolute atomic E-state index is 9.57. The lowest BCUT2D eigenvalue weighted by Crippen LogP contribution is -2.08. The van der Waals surface area contributed by atoms with Gasteiger partial charge < -0.3 is 19.9 Å². The number of hydrogen-bond donors (Lipinski definition) is 2. The molecule has 0 aliphatic heterocycles. The largest absolute Gasteiger partial charge is 0.508 e. The predicted molar refractivity (Wildman–Crippen MR) is 84.4 cm³/mol. The van der Waals surface area contributed by atoms with E-state index in [0.29, 0.717) is 11.5 Å². The highest BCUT2D eigenvalue weighted by Gasteiger charge is 2.12. The van der Waals surface area contributed by atoms with E-state index in [2.05, 4.69) is 5.32 Å². The number of methoxy groups -OCH3 is 2. The minimum absolute atomic E-state index is 0.0638. The van der Waals surface area contributed by atoms with Gasteiger partial charge in [0, 0.05) is 17.8 Å². The summed E-state index contributed by atoms with van der Waals surface area (Å²) in [4.78, 5) is 0. The Bertz CT molecular complexity index is 625. The van der Waals surface area contributed by atoms with Crippen molar-refractivity contribution in [3.63, 3.8) is 0 Å². The number of phenolic OH excluding ortho intramolecular Hbond substituents is 1. The van der Waals surface area contributed by atoms with Gasteiger partial charge in [-0.2, -0.15) is 0 Å². The summed E-state index contributed by atoms with van der Waals surface area (Å²) in [6, 6.07) is 11.2. The number of rotatable bonds is 5. The fourth-order valence-electron chi connectivity index (χ4n) is 2.25. The summed E-state index contributed by atoms with van der Waals surface area (Å²) in [5, 5.41) is 13.0. The molecule has 0 aliphatic rings. The molecule has 2 aromatic rings. The molecule has 0 amide bonds. The Balaban J connectivity index is 2.26. The Morgan fingerprint density at radius 2 is 1.71 bits per heavy atom. The number of anilines is 1. The molecule has 2 aromatic carbocycles. The summed E-state index contributed by atoms with van der Waals surface area (Å²) in [6.07, 6.45) is 0. The molecular formula is C17H21NO3. The Labute approximate surface area is 125 Å². The monoisotopic (exact) mass is 287 g/mol. The summed E-state index contributed by atoms with van der Waals surface area (Å²) in [5.41, 5.74) is 3.06. The van der Waals surface area contributed by atoms with E-state index in [4.69, 9.17) is 9.47 Å². The van der Waals surface area contributed by atoms with Gasteiger partial charge in [-0.1, -0.05) is 12.1 Å². The minimum Gasteiger partial charge on any atom is -0.508 e. The standard InChI is InChI=1S/C17H21NO3/c1-11-8-16(20-3)17(21-4)10-15(11)18-12(2)13-6-5-7-14(19)9-13/h5-10,12,18-19H,1-4H3. The van der Waals surface area contributed by atoms with Crippen LogP contribution in [-0.4, -0.2) is 19.3 Å². The van der Waals surface area contributed by atoms with Gasteiger partial charge in [0.15, 0.2) is 11.5 Å². The third-order valence-electron chi connectivity index (χ3n) is 3.47. The van der Waals surface area contributed by atoms with E-state index >= 15 is 0 Å². The quantitative estimate of drug-likeness (QED) is 0.876. The highest BCUT2D eigenvalue weighted by atomic mass is 16.5. The molecule has 0 spiro atoms. The molecule has 2 N–H and O–H groups in total. The Hall–Kier alpha value is -2.36. The zero-order valence-corrected chi connectivity index (χ0v) is 12.8. The van der Waals surface area contributed by atoms with E-state index in [0.717, 1.165) is 16.8 Å². The first-order valence-electron chi connectivity index (χ1n) is 6.83. The van der Waals surface area contributed by atoms with Crippen LogP contribution in [0.1, 0.15) is 24.1 Å². The number of benzene rings is 2. The van der Waals surface area contributed by atoms with Crippen LogP contribution in [0.4, 0.5) is 5.69 Å². The van der Waals surface area contributed by atoms with Crippen LogP contribution in [0, 0.1) is 6.92 Å². The third kappa shape index (κ3) is 3.40. The average Bonchev–Trinajstić information content (AvgIpc) is 2.48. The number of aryl methyl sites for hydroxylation is 1. The second kappa shape index (κ2) is 6.39. The number of ether oxygens (including phenoxy) is 2. The van der Waals surface area contributed by atoms with Gasteiger partial charge in [0.1, 0.15) is 5.75 Å². The van der Waals surface area contributed by atoms with Crippen molar-refractivity contribution in [2.45, 2.75) is 19.9 Å². The number of nitrogens with one attached hydrogen (secondary N) is 1. The van der Waals surface area contributed by atoms with Gasteiger partial charge in [-0.05, 0) is 43.2 Å². The van der Waals surface area contributed by atoms with Crippen LogP contribution in [0.25, 0.3) is 0 Å². The highest BCUT2D eigenvalue weighted by Crippen LogP contribution is 2.34. The van der Waals surface area contributed by atoms with Crippen LogP contribution < -0.4 is 14.8 Å². The molecule has 0 saturated carbocycles. The first-order chi connectivity index (χ1) is 10.0. The molecule has 1 unspecified atom stereocenters. The van der Waals surface area contributed by atoms with Crippen molar-refractivity contribution in [1.82, 2.24) is 0 Å². The lowest BCUT2D eigenvalue weighted by molar-refractivity contribution is 0.355. The van der Waals surface area contributed by atoms with Gasteiger partial charge >= 0.3 is 0 Å². The van der Waals surface area contributed by atoms with Crippen molar-refractivity contribution in [2.75, 3.05) is 19.5 Å². The van der Waals surface area contributed by atoms with Crippen molar-refractivity contribution >= 4 is 5.69 Å². The fraction of sp³-hybridized carbons (Fsp3) is 0.294. The topological polar surface area (TPSA) is 50.7 Å². The zero-order chi connectivity index (χ0) is 15.4. The molecule has 0 heterocycles. The molecular weight excluding hydrogens is 266 g/mol. The van der Waals surface area contributed by atoms with Gasteiger partial charge in [-0.3, -0.25) is 0 Å². The van der Waals surface area contributed by atoms with Gasteiger partial charge in [0.2, 0.25) is 0 Å². The summed E-state index contributed by atoms with van der Waals surface area (Å²) in [7, 11) is 3.25. The van der Waals surface area contributed by atoms with Crippen LogP contribution in [-0.2, 0) is 0 Å². The smallest absolute Gasteiger partial charge is 0.162 e. The maximum Gasteiger partial charge on any atom is 0.162 e. The fourth-order valence-corrected chi connectivity index (χ4v) is 2.25. The lowest BCUT2D eigenvalue weighted by Gasteiger charge is -2.19. The molecule has 1 atom stereocenters. The van der Waals surface area contributed by atoms with E-state index in [1.165, 1.54) is 0 Å². The van der Waals surface area contributed by atoms with Crippen LogP contribution in [0.5, 0.6) is 17.2 Å². The van der Waals surface area contributed by atoms with Crippen LogP contribution in [0.15, 0.2) is 36.4 Å². The van der Waals surface area contributed by atoms with E-state index in [9.17, 15) is 5.11 Å². The molecule has 0 aromatic heterocycles. The van der Waals surface area contributed by atoms with Crippen molar-refractivity contribution in [1.29, 1.82) is 0 Å². The molecule has 0 saturated heterocycles. The molecule has 0 bridgehead atoms. The Morgan fingerprint density at radius 3 is 2.33 bits per heavy atom. The summed E-state index contributed by atoms with van der Waals surface area (Å²) >= 11 is 0. The van der Waals surface area contributed by atoms with E-state index in [1.54, 1.807) is 26.4 Å². The van der Waals surface area contributed by atoms with Gasteiger partial charge in [0.25, 0.3) is 0 Å². The van der Waals surface area contributed by atoms with E-state index in [-0.39, 0.29) is 11.8 Å². The molecule has 0 radical (unpaired) electrons. The first kappa shape index (κ1) is 15.0. The normalized spacial score (nSPS) is 11.8.